The zero-order valence-corrected chi connectivity index (χ0v) is 20.3. The van der Waals surface area contributed by atoms with Crippen LogP contribution in [0.2, 0.25) is 0 Å². The SMILES string of the molecule is CCC(CC)(NC(=O)C(CC(C)C)NC(=O)OCC1c2ccccc2-c2ccccc21)C(=O)O. The van der Waals surface area contributed by atoms with E-state index >= 15 is 0 Å². The smallest absolute Gasteiger partial charge is 0.407 e. The molecule has 1 unspecified atom stereocenters. The van der Waals surface area contributed by atoms with E-state index in [1.54, 1.807) is 13.8 Å². The lowest BCUT2D eigenvalue weighted by Crippen LogP contribution is -2.59. The molecule has 0 bridgehead atoms. The maximum atomic E-state index is 13.0. The van der Waals surface area contributed by atoms with Gasteiger partial charge in [-0.1, -0.05) is 76.2 Å². The Morgan fingerprint density at radius 3 is 1.97 bits per heavy atom. The van der Waals surface area contributed by atoms with Gasteiger partial charge in [0.2, 0.25) is 5.91 Å². The highest BCUT2D eigenvalue weighted by Gasteiger charge is 2.38. The minimum Gasteiger partial charge on any atom is -0.480 e. The van der Waals surface area contributed by atoms with E-state index in [1.165, 1.54) is 0 Å². The van der Waals surface area contributed by atoms with Crippen LogP contribution in [0.15, 0.2) is 48.5 Å². The van der Waals surface area contributed by atoms with Crippen LogP contribution in [0.1, 0.15) is 64.0 Å². The summed E-state index contributed by atoms with van der Waals surface area (Å²) < 4.78 is 5.59. The lowest BCUT2D eigenvalue weighted by Gasteiger charge is -2.30. The van der Waals surface area contributed by atoms with Crippen molar-refractivity contribution < 1.29 is 24.2 Å². The van der Waals surface area contributed by atoms with Gasteiger partial charge in [0.25, 0.3) is 0 Å². The van der Waals surface area contributed by atoms with E-state index < -0.39 is 29.6 Å². The molecule has 34 heavy (non-hydrogen) atoms. The second kappa shape index (κ2) is 10.7. The molecule has 1 aliphatic rings. The number of carboxylic acid groups (broad SMARTS) is 1. The maximum Gasteiger partial charge on any atom is 0.407 e. The minimum atomic E-state index is -1.37. The van der Waals surface area contributed by atoms with E-state index in [1.807, 2.05) is 50.2 Å². The first-order chi connectivity index (χ1) is 16.2. The average molecular weight is 467 g/mol. The predicted octanol–water partition coefficient (Wildman–Crippen LogP) is 4.70. The van der Waals surface area contributed by atoms with Crippen molar-refractivity contribution in [3.8, 4) is 11.1 Å². The summed E-state index contributed by atoms with van der Waals surface area (Å²) in [6.45, 7) is 7.44. The number of amides is 2. The maximum absolute atomic E-state index is 13.0. The van der Waals surface area contributed by atoms with Crippen LogP contribution < -0.4 is 10.6 Å². The first-order valence-electron chi connectivity index (χ1n) is 11.9. The first kappa shape index (κ1) is 25.3. The Hall–Kier alpha value is -3.35. The van der Waals surface area contributed by atoms with Gasteiger partial charge in [-0.05, 0) is 47.4 Å². The summed E-state index contributed by atoms with van der Waals surface area (Å²) in [6, 6.07) is 15.2. The molecule has 0 aromatic heterocycles. The zero-order valence-electron chi connectivity index (χ0n) is 20.3. The van der Waals surface area contributed by atoms with Crippen molar-refractivity contribution in [1.29, 1.82) is 0 Å². The first-order valence-corrected chi connectivity index (χ1v) is 11.9. The fourth-order valence-electron chi connectivity index (χ4n) is 4.59. The van der Waals surface area contributed by atoms with Gasteiger partial charge in [0.05, 0.1) is 0 Å². The quantitative estimate of drug-likeness (QED) is 0.471. The van der Waals surface area contributed by atoms with E-state index in [-0.39, 0.29) is 31.3 Å². The molecule has 2 aromatic carbocycles. The largest absolute Gasteiger partial charge is 0.480 e. The highest BCUT2D eigenvalue weighted by atomic mass is 16.5. The topological polar surface area (TPSA) is 105 Å². The fourth-order valence-corrected chi connectivity index (χ4v) is 4.59. The van der Waals surface area contributed by atoms with Crippen LogP contribution in [0.25, 0.3) is 11.1 Å². The van der Waals surface area contributed by atoms with E-state index in [0.717, 1.165) is 22.3 Å². The van der Waals surface area contributed by atoms with Crippen molar-refractivity contribution in [3.05, 3.63) is 59.7 Å². The predicted molar refractivity (Wildman–Crippen MR) is 131 cm³/mol. The molecule has 0 fully saturated rings. The van der Waals surface area contributed by atoms with Crippen LogP contribution in [0.4, 0.5) is 4.79 Å². The van der Waals surface area contributed by atoms with Crippen molar-refractivity contribution in [2.45, 2.75) is 64.5 Å². The van der Waals surface area contributed by atoms with Crippen molar-refractivity contribution in [3.63, 3.8) is 0 Å². The van der Waals surface area contributed by atoms with Gasteiger partial charge in [0, 0.05) is 5.92 Å². The molecule has 0 spiro atoms. The molecule has 0 radical (unpaired) electrons. The number of carboxylic acids is 1. The summed E-state index contributed by atoms with van der Waals surface area (Å²) in [7, 11) is 0. The van der Waals surface area contributed by atoms with Crippen LogP contribution in [0, 0.1) is 5.92 Å². The molecular weight excluding hydrogens is 432 g/mol. The normalized spacial score (nSPS) is 13.7. The Labute approximate surface area is 200 Å². The summed E-state index contributed by atoms with van der Waals surface area (Å²) in [5.41, 5.74) is 3.10. The third-order valence-corrected chi connectivity index (χ3v) is 6.64. The van der Waals surface area contributed by atoms with Crippen molar-refractivity contribution in [2.24, 2.45) is 5.92 Å². The molecule has 0 aliphatic heterocycles. The summed E-state index contributed by atoms with van der Waals surface area (Å²) in [5.74, 6) is -1.59. The molecule has 0 saturated heterocycles. The van der Waals surface area contributed by atoms with Crippen LogP contribution in [0.3, 0.4) is 0 Å². The Bertz CT molecular complexity index is 999. The number of hydrogen-bond acceptors (Lipinski definition) is 4. The number of benzene rings is 2. The van der Waals surface area contributed by atoms with Gasteiger partial charge < -0.3 is 20.5 Å². The molecule has 1 atom stereocenters. The number of alkyl carbamates (subject to hydrolysis) is 1. The van der Waals surface area contributed by atoms with Gasteiger partial charge in [-0.15, -0.1) is 0 Å². The van der Waals surface area contributed by atoms with Crippen LogP contribution in [0.5, 0.6) is 0 Å². The van der Waals surface area contributed by atoms with E-state index in [0.29, 0.717) is 6.42 Å². The van der Waals surface area contributed by atoms with E-state index in [2.05, 4.69) is 22.8 Å². The zero-order chi connectivity index (χ0) is 24.9. The molecule has 2 aromatic rings. The number of carbonyl (C=O) groups excluding carboxylic acids is 2. The molecule has 0 heterocycles. The number of aliphatic carboxylic acids is 1. The second-order valence-electron chi connectivity index (χ2n) is 9.24. The molecule has 3 rings (SSSR count). The third-order valence-electron chi connectivity index (χ3n) is 6.64. The van der Waals surface area contributed by atoms with Gasteiger partial charge in [-0.25, -0.2) is 9.59 Å². The summed E-state index contributed by atoms with van der Waals surface area (Å²) in [4.78, 5) is 37.5. The van der Waals surface area contributed by atoms with Crippen LogP contribution in [-0.4, -0.2) is 41.3 Å². The number of carbonyl (C=O) groups is 3. The second-order valence-corrected chi connectivity index (χ2v) is 9.24. The third kappa shape index (κ3) is 5.24. The average Bonchev–Trinajstić information content (AvgIpc) is 3.14. The lowest BCUT2D eigenvalue weighted by atomic mass is 9.92. The molecule has 3 N–H and O–H groups in total. The highest BCUT2D eigenvalue weighted by molar-refractivity contribution is 5.91. The number of ether oxygens (including phenoxy) is 1. The highest BCUT2D eigenvalue weighted by Crippen LogP contribution is 2.44. The van der Waals surface area contributed by atoms with Gasteiger partial charge in [-0.3, -0.25) is 4.79 Å². The van der Waals surface area contributed by atoms with Gasteiger partial charge in [0.15, 0.2) is 0 Å². The molecule has 7 heteroatoms. The lowest BCUT2D eigenvalue weighted by molar-refractivity contribution is -0.148. The summed E-state index contributed by atoms with van der Waals surface area (Å²) in [5, 5.41) is 15.0. The number of nitrogens with one attached hydrogen (secondary N) is 2. The number of rotatable bonds is 10. The standard InChI is InChI=1S/C27H34N2O5/c1-5-27(6-2,25(31)32)29-24(30)23(15-17(3)4)28-26(33)34-16-22-20-13-9-7-11-18(20)19-12-8-10-14-21(19)22/h7-14,17,22-23H,5-6,15-16H2,1-4H3,(H,28,33)(H,29,30)(H,31,32). The Kier molecular flexibility index (Phi) is 7.97. The number of fused-ring (bicyclic) bond motifs is 3. The van der Waals surface area contributed by atoms with Gasteiger partial charge in [0.1, 0.15) is 18.2 Å². The van der Waals surface area contributed by atoms with Crippen LogP contribution >= 0.6 is 0 Å². The van der Waals surface area contributed by atoms with Crippen LogP contribution in [-0.2, 0) is 14.3 Å². The van der Waals surface area contributed by atoms with Gasteiger partial charge in [-0.2, -0.15) is 0 Å². The summed E-state index contributed by atoms with van der Waals surface area (Å²) in [6.07, 6.45) is 0.143. The molecule has 1 aliphatic carbocycles. The molecule has 0 saturated carbocycles. The van der Waals surface area contributed by atoms with E-state index in [4.69, 9.17) is 4.74 Å². The Morgan fingerprint density at radius 1 is 0.971 bits per heavy atom. The molecule has 2 amide bonds. The monoisotopic (exact) mass is 466 g/mol. The van der Waals surface area contributed by atoms with E-state index in [9.17, 15) is 19.5 Å². The minimum absolute atomic E-state index is 0.0876. The van der Waals surface area contributed by atoms with Crippen molar-refractivity contribution >= 4 is 18.0 Å². The van der Waals surface area contributed by atoms with Crippen molar-refractivity contribution in [2.75, 3.05) is 6.61 Å². The molecule has 182 valence electrons. The molecular formula is C27H34N2O5. The Morgan fingerprint density at radius 2 is 1.50 bits per heavy atom. The van der Waals surface area contributed by atoms with Gasteiger partial charge >= 0.3 is 12.1 Å². The molecule has 7 nitrogen and oxygen atoms in total. The van der Waals surface area contributed by atoms with Crippen molar-refractivity contribution in [1.82, 2.24) is 10.6 Å². The fraction of sp³-hybridized carbons (Fsp3) is 0.444. The summed E-state index contributed by atoms with van der Waals surface area (Å²) >= 11 is 0. The number of hydrogen-bond donors (Lipinski definition) is 3. The Balaban J connectivity index is 1.70.